The van der Waals surface area contributed by atoms with Crippen LogP contribution in [0.1, 0.15) is 19.8 Å². The number of ether oxygens (including phenoxy) is 1. The lowest BCUT2D eigenvalue weighted by atomic mass is 10.0. The van der Waals surface area contributed by atoms with Gasteiger partial charge in [0.15, 0.2) is 0 Å². The summed E-state index contributed by atoms with van der Waals surface area (Å²) in [6.45, 7) is 3.78. The Kier molecular flexibility index (Phi) is 4.55. The third kappa shape index (κ3) is 3.50. The van der Waals surface area contributed by atoms with Gasteiger partial charge in [-0.05, 0) is 44.0 Å². The van der Waals surface area contributed by atoms with Gasteiger partial charge in [0.05, 0.1) is 12.1 Å². The molecule has 23 heavy (non-hydrogen) atoms. The van der Waals surface area contributed by atoms with Gasteiger partial charge < -0.3 is 9.64 Å². The quantitative estimate of drug-likeness (QED) is 0.643. The molecular formula is C18H19FN2O2. The molecule has 2 aromatic rings. The standard InChI is InChI=1S/C18H19FN2O2/c1-2-23-18(22)11-13-6-9-21(10-7-13)17-5-8-20-16-4-3-14(19)12-15(16)17/h3-5,8,11-12H,2,6-7,9-10H2,1H3. The molecule has 0 aliphatic carbocycles. The fourth-order valence-electron chi connectivity index (χ4n) is 2.91. The van der Waals surface area contributed by atoms with E-state index in [2.05, 4.69) is 9.88 Å². The zero-order valence-electron chi connectivity index (χ0n) is 13.1. The second kappa shape index (κ2) is 6.77. The number of fused-ring (bicyclic) bond motifs is 1. The van der Waals surface area contributed by atoms with Gasteiger partial charge in [0, 0.05) is 36.4 Å². The minimum atomic E-state index is -0.271. The Morgan fingerprint density at radius 1 is 1.35 bits per heavy atom. The summed E-state index contributed by atoms with van der Waals surface area (Å²) in [7, 11) is 0. The van der Waals surface area contributed by atoms with Gasteiger partial charge in [-0.25, -0.2) is 9.18 Å². The van der Waals surface area contributed by atoms with Gasteiger partial charge in [-0.1, -0.05) is 5.57 Å². The Morgan fingerprint density at radius 3 is 2.87 bits per heavy atom. The topological polar surface area (TPSA) is 42.4 Å². The average Bonchev–Trinajstić information content (AvgIpc) is 2.55. The molecule has 1 aromatic carbocycles. The van der Waals surface area contributed by atoms with Crippen LogP contribution in [0, 0.1) is 5.82 Å². The maximum Gasteiger partial charge on any atom is 0.330 e. The number of anilines is 1. The molecule has 120 valence electrons. The first-order valence-corrected chi connectivity index (χ1v) is 7.83. The molecule has 1 fully saturated rings. The van der Waals surface area contributed by atoms with Crippen molar-refractivity contribution in [2.45, 2.75) is 19.8 Å². The molecule has 0 spiro atoms. The van der Waals surface area contributed by atoms with Crippen LogP contribution >= 0.6 is 0 Å². The largest absolute Gasteiger partial charge is 0.463 e. The van der Waals surface area contributed by atoms with Crippen LogP contribution in [0.2, 0.25) is 0 Å². The summed E-state index contributed by atoms with van der Waals surface area (Å²) in [6, 6.07) is 6.57. The van der Waals surface area contributed by atoms with E-state index in [0.29, 0.717) is 6.61 Å². The second-order valence-corrected chi connectivity index (χ2v) is 5.53. The zero-order chi connectivity index (χ0) is 16.2. The van der Waals surface area contributed by atoms with Crippen molar-refractivity contribution < 1.29 is 13.9 Å². The maximum absolute atomic E-state index is 13.6. The molecule has 3 rings (SSSR count). The smallest absolute Gasteiger partial charge is 0.330 e. The summed E-state index contributed by atoms with van der Waals surface area (Å²) in [5.41, 5.74) is 2.88. The third-order valence-electron chi connectivity index (χ3n) is 4.04. The van der Waals surface area contributed by atoms with Crippen molar-refractivity contribution in [3.63, 3.8) is 0 Å². The Bertz CT molecular complexity index is 748. The number of halogens is 1. The number of rotatable bonds is 3. The number of pyridine rings is 1. The van der Waals surface area contributed by atoms with Crippen LogP contribution in [0.4, 0.5) is 10.1 Å². The van der Waals surface area contributed by atoms with E-state index in [9.17, 15) is 9.18 Å². The molecule has 1 aliphatic rings. The highest BCUT2D eigenvalue weighted by atomic mass is 19.1. The molecule has 2 heterocycles. The fraction of sp³-hybridized carbons (Fsp3) is 0.333. The lowest BCUT2D eigenvalue weighted by Crippen LogP contribution is -2.31. The van der Waals surface area contributed by atoms with Gasteiger partial charge in [0.2, 0.25) is 0 Å². The fourth-order valence-corrected chi connectivity index (χ4v) is 2.91. The van der Waals surface area contributed by atoms with Gasteiger partial charge in [0.1, 0.15) is 5.82 Å². The number of aromatic nitrogens is 1. The van der Waals surface area contributed by atoms with Crippen molar-refractivity contribution in [2.24, 2.45) is 0 Å². The van der Waals surface area contributed by atoms with Crippen LogP contribution in [-0.4, -0.2) is 30.6 Å². The monoisotopic (exact) mass is 314 g/mol. The van der Waals surface area contributed by atoms with Crippen molar-refractivity contribution in [1.82, 2.24) is 4.98 Å². The Labute approximate surface area is 134 Å². The van der Waals surface area contributed by atoms with Gasteiger partial charge in [0.25, 0.3) is 0 Å². The lowest BCUT2D eigenvalue weighted by molar-refractivity contribution is -0.137. The SMILES string of the molecule is CCOC(=O)C=C1CCN(c2ccnc3ccc(F)cc23)CC1. The van der Waals surface area contributed by atoms with E-state index < -0.39 is 0 Å². The van der Waals surface area contributed by atoms with Gasteiger partial charge in [-0.3, -0.25) is 4.98 Å². The molecule has 0 amide bonds. The predicted molar refractivity (Wildman–Crippen MR) is 87.9 cm³/mol. The van der Waals surface area contributed by atoms with Crippen molar-refractivity contribution >= 4 is 22.6 Å². The average molecular weight is 314 g/mol. The van der Waals surface area contributed by atoms with Gasteiger partial charge in [-0.15, -0.1) is 0 Å². The first kappa shape index (κ1) is 15.5. The van der Waals surface area contributed by atoms with E-state index in [0.717, 1.165) is 48.1 Å². The molecular weight excluding hydrogens is 295 g/mol. The predicted octanol–water partition coefficient (Wildman–Crippen LogP) is 3.46. The summed E-state index contributed by atoms with van der Waals surface area (Å²) in [5, 5.41) is 0.824. The Hall–Kier alpha value is -2.43. The van der Waals surface area contributed by atoms with Crippen LogP contribution < -0.4 is 4.90 Å². The highest BCUT2D eigenvalue weighted by Gasteiger charge is 2.17. The lowest BCUT2D eigenvalue weighted by Gasteiger charge is -2.31. The van der Waals surface area contributed by atoms with Crippen LogP contribution in [-0.2, 0) is 9.53 Å². The molecule has 5 heteroatoms. The van der Waals surface area contributed by atoms with Crippen LogP contribution in [0.15, 0.2) is 42.1 Å². The summed E-state index contributed by atoms with van der Waals surface area (Å²) >= 11 is 0. The number of benzene rings is 1. The molecule has 0 atom stereocenters. The molecule has 1 saturated heterocycles. The highest BCUT2D eigenvalue weighted by molar-refractivity contribution is 5.91. The number of piperidine rings is 1. The van der Waals surface area contributed by atoms with E-state index in [4.69, 9.17) is 4.74 Å². The Balaban J connectivity index is 1.78. The van der Waals surface area contributed by atoms with Gasteiger partial charge in [-0.2, -0.15) is 0 Å². The number of hydrogen-bond acceptors (Lipinski definition) is 4. The first-order valence-electron chi connectivity index (χ1n) is 7.83. The number of nitrogens with zero attached hydrogens (tertiary/aromatic N) is 2. The third-order valence-corrected chi connectivity index (χ3v) is 4.04. The van der Waals surface area contributed by atoms with Crippen LogP contribution in [0.5, 0.6) is 0 Å². The molecule has 0 unspecified atom stereocenters. The number of hydrogen-bond donors (Lipinski definition) is 0. The van der Waals surface area contributed by atoms with Crippen molar-refractivity contribution in [3.8, 4) is 0 Å². The van der Waals surface area contributed by atoms with Gasteiger partial charge >= 0.3 is 5.97 Å². The normalized spacial score (nSPS) is 14.9. The summed E-state index contributed by atoms with van der Waals surface area (Å²) in [5.74, 6) is -0.529. The van der Waals surface area contributed by atoms with E-state index in [1.807, 2.05) is 6.07 Å². The zero-order valence-corrected chi connectivity index (χ0v) is 13.1. The van der Waals surface area contributed by atoms with Crippen molar-refractivity contribution in [3.05, 3.63) is 47.9 Å². The highest BCUT2D eigenvalue weighted by Crippen LogP contribution is 2.29. The molecule has 4 nitrogen and oxygen atoms in total. The van der Waals surface area contributed by atoms with Crippen molar-refractivity contribution in [1.29, 1.82) is 0 Å². The molecule has 0 bridgehead atoms. The van der Waals surface area contributed by atoms with Crippen molar-refractivity contribution in [2.75, 3.05) is 24.6 Å². The second-order valence-electron chi connectivity index (χ2n) is 5.53. The first-order chi connectivity index (χ1) is 11.2. The molecule has 0 radical (unpaired) electrons. The molecule has 1 aliphatic heterocycles. The number of carbonyl (C=O) groups is 1. The molecule has 1 aromatic heterocycles. The molecule has 0 saturated carbocycles. The van der Waals surface area contributed by atoms with E-state index in [1.165, 1.54) is 12.1 Å². The van der Waals surface area contributed by atoms with Crippen LogP contribution in [0.25, 0.3) is 10.9 Å². The maximum atomic E-state index is 13.6. The number of esters is 1. The van der Waals surface area contributed by atoms with Crippen LogP contribution in [0.3, 0.4) is 0 Å². The summed E-state index contributed by atoms with van der Waals surface area (Å²) in [4.78, 5) is 18.0. The minimum absolute atomic E-state index is 0.258. The summed E-state index contributed by atoms with van der Waals surface area (Å²) in [6.07, 6.45) is 4.96. The number of carbonyl (C=O) groups excluding carboxylic acids is 1. The van der Waals surface area contributed by atoms with E-state index in [-0.39, 0.29) is 11.8 Å². The molecule has 0 N–H and O–H groups in total. The Morgan fingerprint density at radius 2 is 2.13 bits per heavy atom. The summed E-state index contributed by atoms with van der Waals surface area (Å²) < 4.78 is 18.5. The van der Waals surface area contributed by atoms with E-state index in [1.54, 1.807) is 25.3 Å². The van der Waals surface area contributed by atoms with E-state index >= 15 is 0 Å². The minimum Gasteiger partial charge on any atom is -0.463 e.